The van der Waals surface area contributed by atoms with Crippen LogP contribution in [-0.2, 0) is 16.0 Å². The van der Waals surface area contributed by atoms with Crippen LogP contribution in [0.4, 0.5) is 0 Å². The summed E-state index contributed by atoms with van der Waals surface area (Å²) in [5.74, 6) is 0.168. The van der Waals surface area contributed by atoms with E-state index in [9.17, 15) is 4.79 Å². The van der Waals surface area contributed by atoms with E-state index >= 15 is 0 Å². The van der Waals surface area contributed by atoms with Crippen LogP contribution in [0, 0.1) is 0 Å². The maximum Gasteiger partial charge on any atom is 0.350 e. The van der Waals surface area contributed by atoms with Crippen molar-refractivity contribution in [1.82, 2.24) is 0 Å². The molecule has 1 unspecified atom stereocenters. The molecule has 0 spiro atoms. The lowest BCUT2D eigenvalue weighted by Crippen LogP contribution is -2.42. The number of ether oxygens (including phenoxy) is 2. The van der Waals surface area contributed by atoms with Gasteiger partial charge in [-0.3, -0.25) is 0 Å². The van der Waals surface area contributed by atoms with E-state index in [1.54, 1.807) is 19.9 Å². The van der Waals surface area contributed by atoms with E-state index in [4.69, 9.17) is 32.7 Å². The summed E-state index contributed by atoms with van der Waals surface area (Å²) in [4.78, 5) is 12.1. The highest BCUT2D eigenvalue weighted by Gasteiger charge is 2.35. The molecule has 0 saturated carbocycles. The zero-order valence-corrected chi connectivity index (χ0v) is 16.2. The summed E-state index contributed by atoms with van der Waals surface area (Å²) in [7, 11) is 0. The molecule has 134 valence electrons. The third-order valence-corrected chi connectivity index (χ3v) is 4.66. The van der Waals surface area contributed by atoms with E-state index in [0.717, 1.165) is 11.1 Å². The first-order valence-corrected chi connectivity index (χ1v) is 9.02. The van der Waals surface area contributed by atoms with Crippen molar-refractivity contribution in [2.24, 2.45) is 0 Å². The highest BCUT2D eigenvalue weighted by atomic mass is 35.5. The summed E-state index contributed by atoms with van der Waals surface area (Å²) in [6.07, 6.45) is 1.19. The number of halogens is 2. The Balaban J connectivity index is 2.15. The van der Waals surface area contributed by atoms with E-state index < -0.39 is 5.60 Å². The normalized spacial score (nSPS) is 13.2. The van der Waals surface area contributed by atoms with Crippen molar-refractivity contribution in [1.29, 1.82) is 0 Å². The van der Waals surface area contributed by atoms with E-state index in [0.29, 0.717) is 35.2 Å². The molecular formula is C20H22Cl2O3. The van der Waals surface area contributed by atoms with Crippen LogP contribution in [0.3, 0.4) is 0 Å². The van der Waals surface area contributed by atoms with Crippen LogP contribution in [0.5, 0.6) is 5.75 Å². The van der Waals surface area contributed by atoms with Gasteiger partial charge >= 0.3 is 5.97 Å². The van der Waals surface area contributed by atoms with Gasteiger partial charge in [0.05, 0.1) is 6.61 Å². The smallest absolute Gasteiger partial charge is 0.350 e. The second kappa shape index (κ2) is 8.59. The number of rotatable bonds is 7. The molecule has 0 saturated heterocycles. The topological polar surface area (TPSA) is 35.5 Å². The highest BCUT2D eigenvalue weighted by molar-refractivity contribution is 6.31. The van der Waals surface area contributed by atoms with E-state index in [-0.39, 0.29) is 5.97 Å². The molecule has 2 aromatic rings. The Labute approximate surface area is 158 Å². The predicted molar refractivity (Wildman–Crippen MR) is 102 cm³/mol. The van der Waals surface area contributed by atoms with Gasteiger partial charge in [0, 0.05) is 10.0 Å². The largest absolute Gasteiger partial charge is 0.476 e. The monoisotopic (exact) mass is 380 g/mol. The van der Waals surface area contributed by atoms with Gasteiger partial charge in [-0.25, -0.2) is 4.79 Å². The zero-order chi connectivity index (χ0) is 18.4. The van der Waals surface area contributed by atoms with Crippen molar-refractivity contribution in [3.8, 4) is 5.75 Å². The average Bonchev–Trinajstić information content (AvgIpc) is 2.59. The van der Waals surface area contributed by atoms with Crippen molar-refractivity contribution >= 4 is 29.2 Å². The SMILES string of the molecule is CCOC(=O)C(C)(CC)Oc1ccc(Cc2ccc(Cl)cc2)c(Cl)c1. The molecule has 1 atom stereocenters. The molecule has 0 aliphatic heterocycles. The van der Waals surface area contributed by atoms with Crippen molar-refractivity contribution < 1.29 is 14.3 Å². The van der Waals surface area contributed by atoms with Gasteiger partial charge in [0.25, 0.3) is 0 Å². The molecular weight excluding hydrogens is 359 g/mol. The molecule has 0 fully saturated rings. The summed E-state index contributed by atoms with van der Waals surface area (Å²) in [5, 5.41) is 1.30. The maximum absolute atomic E-state index is 12.1. The van der Waals surface area contributed by atoms with E-state index in [1.165, 1.54) is 0 Å². The van der Waals surface area contributed by atoms with Gasteiger partial charge in [-0.05, 0) is 62.1 Å². The summed E-state index contributed by atoms with van der Waals surface area (Å²) in [6, 6.07) is 13.1. The Morgan fingerprint density at radius 2 is 1.76 bits per heavy atom. The predicted octanol–water partition coefficient (Wildman–Crippen LogP) is 5.69. The molecule has 0 N–H and O–H groups in total. The van der Waals surface area contributed by atoms with E-state index in [2.05, 4.69) is 0 Å². The summed E-state index contributed by atoms with van der Waals surface area (Å²) >= 11 is 12.3. The van der Waals surface area contributed by atoms with Gasteiger partial charge in [0.15, 0.2) is 0 Å². The van der Waals surface area contributed by atoms with Gasteiger partial charge in [-0.1, -0.05) is 48.3 Å². The number of hydrogen-bond acceptors (Lipinski definition) is 3. The molecule has 0 aliphatic carbocycles. The molecule has 5 heteroatoms. The second-order valence-corrected chi connectivity index (χ2v) is 6.81. The summed E-state index contributed by atoms with van der Waals surface area (Å²) < 4.78 is 11.0. The van der Waals surface area contributed by atoms with Gasteiger partial charge in [-0.2, -0.15) is 0 Å². The number of carbonyl (C=O) groups excluding carboxylic acids is 1. The van der Waals surface area contributed by atoms with Crippen LogP contribution in [-0.4, -0.2) is 18.2 Å². The first-order valence-electron chi connectivity index (χ1n) is 8.27. The van der Waals surface area contributed by atoms with Crippen LogP contribution in [0.25, 0.3) is 0 Å². The average molecular weight is 381 g/mol. The number of carbonyl (C=O) groups is 1. The maximum atomic E-state index is 12.1. The number of benzene rings is 2. The van der Waals surface area contributed by atoms with Crippen molar-refractivity contribution in [3.63, 3.8) is 0 Å². The minimum absolute atomic E-state index is 0.318. The molecule has 0 amide bonds. The van der Waals surface area contributed by atoms with Crippen LogP contribution < -0.4 is 4.74 Å². The van der Waals surface area contributed by atoms with Crippen molar-refractivity contribution in [2.45, 2.75) is 39.2 Å². The minimum Gasteiger partial charge on any atom is -0.476 e. The molecule has 0 radical (unpaired) electrons. The van der Waals surface area contributed by atoms with Crippen LogP contribution in [0.1, 0.15) is 38.3 Å². The fraction of sp³-hybridized carbons (Fsp3) is 0.350. The first kappa shape index (κ1) is 19.6. The zero-order valence-electron chi connectivity index (χ0n) is 14.6. The fourth-order valence-corrected chi connectivity index (χ4v) is 2.72. The third kappa shape index (κ3) is 5.13. The lowest BCUT2D eigenvalue weighted by molar-refractivity contribution is -0.160. The molecule has 0 heterocycles. The van der Waals surface area contributed by atoms with E-state index in [1.807, 2.05) is 43.3 Å². The molecule has 3 nitrogen and oxygen atoms in total. The van der Waals surface area contributed by atoms with Crippen molar-refractivity contribution in [3.05, 3.63) is 63.6 Å². The molecule has 2 aromatic carbocycles. The molecule has 0 aliphatic rings. The lowest BCUT2D eigenvalue weighted by atomic mass is 10.0. The second-order valence-electron chi connectivity index (χ2n) is 5.96. The molecule has 0 aromatic heterocycles. The summed E-state index contributed by atoms with van der Waals surface area (Å²) in [5.41, 5.74) is 1.06. The number of hydrogen-bond donors (Lipinski definition) is 0. The van der Waals surface area contributed by atoms with Crippen LogP contribution in [0.2, 0.25) is 10.0 Å². The quantitative estimate of drug-likeness (QED) is 0.578. The standard InChI is InChI=1S/C20H22Cl2O3/c1-4-20(3,19(23)24-5-2)25-17-11-8-15(18(22)13-17)12-14-6-9-16(21)10-7-14/h6-11,13H,4-5,12H2,1-3H3. The lowest BCUT2D eigenvalue weighted by Gasteiger charge is -2.27. The highest BCUT2D eigenvalue weighted by Crippen LogP contribution is 2.29. The Kier molecular flexibility index (Phi) is 6.74. The van der Waals surface area contributed by atoms with Gasteiger partial charge < -0.3 is 9.47 Å². The Hall–Kier alpha value is -1.71. The minimum atomic E-state index is -1.03. The first-order chi connectivity index (χ1) is 11.9. The molecule has 25 heavy (non-hydrogen) atoms. The van der Waals surface area contributed by atoms with Gasteiger partial charge in [0.2, 0.25) is 5.60 Å². The Morgan fingerprint density at radius 3 is 2.32 bits per heavy atom. The van der Waals surface area contributed by atoms with Crippen molar-refractivity contribution in [2.75, 3.05) is 6.61 Å². The van der Waals surface area contributed by atoms with Crippen LogP contribution >= 0.6 is 23.2 Å². The fourth-order valence-electron chi connectivity index (χ4n) is 2.36. The molecule has 2 rings (SSSR count). The molecule has 0 bridgehead atoms. The Bertz CT molecular complexity index is 728. The van der Waals surface area contributed by atoms with Gasteiger partial charge in [-0.15, -0.1) is 0 Å². The summed E-state index contributed by atoms with van der Waals surface area (Å²) in [6.45, 7) is 5.70. The van der Waals surface area contributed by atoms with Crippen LogP contribution in [0.15, 0.2) is 42.5 Å². The Morgan fingerprint density at radius 1 is 1.08 bits per heavy atom. The van der Waals surface area contributed by atoms with Gasteiger partial charge in [0.1, 0.15) is 5.75 Å². The number of esters is 1. The third-order valence-electron chi connectivity index (χ3n) is 4.06.